The second-order valence-electron chi connectivity index (χ2n) is 2.01. The van der Waals surface area contributed by atoms with Gasteiger partial charge < -0.3 is 0 Å². The Hall–Kier alpha value is 1.56. The molecule has 0 rings (SSSR count). The van der Waals surface area contributed by atoms with Gasteiger partial charge in [-0.2, -0.15) is 0 Å². The molecule has 0 heterocycles. The Morgan fingerprint density at radius 2 is 1.00 bits per heavy atom. The minimum absolute atomic E-state index is 0.984. The minimum atomic E-state index is 0.984. The molecule has 0 amide bonds. The van der Waals surface area contributed by atoms with Gasteiger partial charge in [0.2, 0.25) is 0 Å². The van der Waals surface area contributed by atoms with Crippen LogP contribution < -0.4 is 0 Å². The fourth-order valence-electron chi connectivity index (χ4n) is 0.626. The molecular formula is C8H18Se3. The summed E-state index contributed by atoms with van der Waals surface area (Å²) < 4.78 is 0. The summed E-state index contributed by atoms with van der Waals surface area (Å²) in [4.78, 5) is 0. The molecule has 0 aliphatic heterocycles. The molecule has 0 fully saturated rings. The van der Waals surface area contributed by atoms with Gasteiger partial charge in [0.25, 0.3) is 0 Å². The zero-order chi connectivity index (χ0) is 8.36. The van der Waals surface area contributed by atoms with Crippen LogP contribution in [0.1, 0.15) is 13.8 Å². The molecule has 0 aliphatic carbocycles. The Bertz CT molecular complexity index is 58.4. The molecule has 0 unspecified atom stereocenters. The Morgan fingerprint density at radius 1 is 0.636 bits per heavy atom. The molecule has 0 aliphatic rings. The first-order valence-electron chi connectivity index (χ1n) is 4.15. The standard InChI is InChI=1S/C8H18Se3/c1-3-9-5-7-11-8-6-10-4-2/h3-8H2,1-2H3. The maximum absolute atomic E-state index is 2.31. The molecule has 0 nitrogen and oxygen atoms in total. The van der Waals surface area contributed by atoms with Crippen LogP contribution in [-0.2, 0) is 0 Å². The summed E-state index contributed by atoms with van der Waals surface area (Å²) in [6.45, 7) is 4.63. The SMILES string of the molecule is CC[Se]CC[Se]CC[Se]CC. The summed E-state index contributed by atoms with van der Waals surface area (Å²) in [5.41, 5.74) is 0. The average Bonchev–Trinajstić information content (AvgIpc) is 2.03. The van der Waals surface area contributed by atoms with Crippen molar-refractivity contribution >= 4 is 44.9 Å². The van der Waals surface area contributed by atoms with E-state index in [1.807, 2.05) is 0 Å². The molecule has 0 N–H and O–H groups in total. The summed E-state index contributed by atoms with van der Waals surface area (Å²) in [6, 6.07) is 0. The molecule has 0 aromatic heterocycles. The molecule has 0 saturated carbocycles. The zero-order valence-corrected chi connectivity index (χ0v) is 12.6. The second kappa shape index (κ2) is 11.6. The second-order valence-corrected chi connectivity index (χ2v) is 10.4. The van der Waals surface area contributed by atoms with Gasteiger partial charge >= 0.3 is 90.6 Å². The van der Waals surface area contributed by atoms with Gasteiger partial charge in [-0.25, -0.2) is 0 Å². The van der Waals surface area contributed by atoms with Gasteiger partial charge in [-0.05, 0) is 0 Å². The van der Waals surface area contributed by atoms with Crippen molar-refractivity contribution in [2.45, 2.75) is 45.8 Å². The van der Waals surface area contributed by atoms with Gasteiger partial charge in [0, 0.05) is 0 Å². The average molecular weight is 351 g/mol. The van der Waals surface area contributed by atoms with E-state index >= 15 is 0 Å². The van der Waals surface area contributed by atoms with E-state index in [0.717, 1.165) is 44.9 Å². The van der Waals surface area contributed by atoms with E-state index in [1.54, 1.807) is 21.3 Å². The molecule has 3 heteroatoms. The molecule has 0 bridgehead atoms. The van der Waals surface area contributed by atoms with Crippen molar-refractivity contribution in [2.24, 2.45) is 0 Å². The molecule has 0 aromatic carbocycles. The van der Waals surface area contributed by atoms with Gasteiger partial charge in [0.05, 0.1) is 0 Å². The quantitative estimate of drug-likeness (QED) is 0.466. The Balaban J connectivity index is 2.69. The first-order valence-corrected chi connectivity index (χ1v) is 11.4. The van der Waals surface area contributed by atoms with E-state index in [2.05, 4.69) is 13.8 Å². The van der Waals surface area contributed by atoms with E-state index in [-0.39, 0.29) is 0 Å². The normalized spacial score (nSPS) is 10.4. The van der Waals surface area contributed by atoms with Crippen LogP contribution >= 0.6 is 0 Å². The van der Waals surface area contributed by atoms with E-state index in [0.29, 0.717) is 0 Å². The predicted octanol–water partition coefficient (Wildman–Crippen LogP) is 2.65. The van der Waals surface area contributed by atoms with Gasteiger partial charge in [-0.3, -0.25) is 0 Å². The third-order valence-corrected chi connectivity index (χ3v) is 9.62. The molecule has 11 heavy (non-hydrogen) atoms. The first kappa shape index (κ1) is 12.6. The van der Waals surface area contributed by atoms with Crippen LogP contribution in [0.3, 0.4) is 0 Å². The summed E-state index contributed by atoms with van der Waals surface area (Å²) in [6.07, 6.45) is 0. The van der Waals surface area contributed by atoms with Crippen molar-refractivity contribution in [3.05, 3.63) is 0 Å². The van der Waals surface area contributed by atoms with Crippen LogP contribution in [0.25, 0.3) is 0 Å². The van der Waals surface area contributed by atoms with E-state index in [1.165, 1.54) is 10.6 Å². The Labute approximate surface area is 90.1 Å². The van der Waals surface area contributed by atoms with E-state index < -0.39 is 0 Å². The Morgan fingerprint density at radius 3 is 1.36 bits per heavy atom. The van der Waals surface area contributed by atoms with Crippen molar-refractivity contribution in [1.29, 1.82) is 0 Å². The van der Waals surface area contributed by atoms with Crippen molar-refractivity contribution in [2.75, 3.05) is 0 Å². The van der Waals surface area contributed by atoms with Crippen molar-refractivity contribution < 1.29 is 0 Å². The van der Waals surface area contributed by atoms with Crippen molar-refractivity contribution in [3.8, 4) is 0 Å². The maximum atomic E-state index is 2.31. The topological polar surface area (TPSA) is 0 Å². The summed E-state index contributed by atoms with van der Waals surface area (Å²) in [5, 5.41) is 9.15. The van der Waals surface area contributed by atoms with Gasteiger partial charge in [-0.1, -0.05) is 0 Å². The zero-order valence-electron chi connectivity index (χ0n) is 7.47. The van der Waals surface area contributed by atoms with Crippen LogP contribution in [0.4, 0.5) is 0 Å². The van der Waals surface area contributed by atoms with Crippen LogP contribution in [-0.4, -0.2) is 44.9 Å². The van der Waals surface area contributed by atoms with Crippen LogP contribution in [0.5, 0.6) is 0 Å². The third kappa shape index (κ3) is 11.6. The van der Waals surface area contributed by atoms with Gasteiger partial charge in [0.1, 0.15) is 0 Å². The fraction of sp³-hybridized carbons (Fsp3) is 1.00. The molecule has 0 spiro atoms. The molecule has 0 radical (unpaired) electrons. The summed E-state index contributed by atoms with van der Waals surface area (Å²) in [7, 11) is 0. The summed E-state index contributed by atoms with van der Waals surface area (Å²) in [5.74, 6) is 0. The molecule has 0 aromatic rings. The first-order chi connectivity index (χ1) is 5.41. The molecule has 0 atom stereocenters. The Kier molecular flexibility index (Phi) is 13.2. The third-order valence-electron chi connectivity index (χ3n) is 1.15. The van der Waals surface area contributed by atoms with Crippen molar-refractivity contribution in [3.63, 3.8) is 0 Å². The van der Waals surface area contributed by atoms with Gasteiger partial charge in [-0.15, -0.1) is 0 Å². The molecule has 0 saturated heterocycles. The summed E-state index contributed by atoms with van der Waals surface area (Å²) >= 11 is 2.98. The number of hydrogen-bond acceptors (Lipinski definition) is 0. The molecule has 68 valence electrons. The van der Waals surface area contributed by atoms with Crippen LogP contribution in [0, 0.1) is 0 Å². The van der Waals surface area contributed by atoms with Crippen LogP contribution in [0.15, 0.2) is 0 Å². The van der Waals surface area contributed by atoms with Crippen LogP contribution in [0.2, 0.25) is 31.9 Å². The predicted molar refractivity (Wildman–Crippen MR) is 57.5 cm³/mol. The monoisotopic (exact) mass is 354 g/mol. The van der Waals surface area contributed by atoms with E-state index in [4.69, 9.17) is 0 Å². The van der Waals surface area contributed by atoms with Crippen molar-refractivity contribution in [1.82, 2.24) is 0 Å². The number of hydrogen-bond donors (Lipinski definition) is 0. The number of rotatable bonds is 8. The van der Waals surface area contributed by atoms with Gasteiger partial charge in [0.15, 0.2) is 0 Å². The fourth-order valence-corrected chi connectivity index (χ4v) is 8.39. The molecular weight excluding hydrogens is 333 g/mol. The van der Waals surface area contributed by atoms with E-state index in [9.17, 15) is 0 Å².